The first kappa shape index (κ1) is 18.6. The van der Waals surface area contributed by atoms with Gasteiger partial charge in [0.05, 0.1) is 14.2 Å². The van der Waals surface area contributed by atoms with E-state index in [1.807, 2.05) is 0 Å². The highest BCUT2D eigenvalue weighted by Crippen LogP contribution is 2.49. The van der Waals surface area contributed by atoms with Gasteiger partial charge in [-0.1, -0.05) is 6.07 Å². The molecule has 1 aromatic carbocycles. The average Bonchev–Trinajstić information content (AvgIpc) is 2.97. The number of methoxy groups -OCH3 is 2. The van der Waals surface area contributed by atoms with Crippen molar-refractivity contribution in [1.29, 1.82) is 0 Å². The highest BCUT2D eigenvalue weighted by atomic mass is 127. The molecule has 2 fully saturated rings. The standard InChI is InChI=1S/C17H26IN3O2S/c1-21-9-8-17(7-6-13(11-16(17)21)19-20-24-18)12-4-5-14(22-2)15(10-12)23-3/h4-5,10,13,16,19-20H,6-9,11H2,1-3H3. The Kier molecular flexibility index (Phi) is 6.18. The molecule has 2 N–H and O–H groups in total. The van der Waals surface area contributed by atoms with Crippen LogP contribution < -0.4 is 19.7 Å². The smallest absolute Gasteiger partial charge is 0.161 e. The van der Waals surface area contributed by atoms with E-state index in [1.165, 1.54) is 24.8 Å². The molecule has 0 bridgehead atoms. The monoisotopic (exact) mass is 463 g/mol. The van der Waals surface area contributed by atoms with Crippen molar-refractivity contribution in [1.82, 2.24) is 15.2 Å². The molecule has 1 aliphatic carbocycles. The zero-order valence-electron chi connectivity index (χ0n) is 14.5. The van der Waals surface area contributed by atoms with E-state index in [-0.39, 0.29) is 5.41 Å². The molecule has 7 heteroatoms. The molecule has 3 atom stereocenters. The minimum Gasteiger partial charge on any atom is -0.493 e. The molecule has 5 nitrogen and oxygen atoms in total. The lowest BCUT2D eigenvalue weighted by Crippen LogP contribution is -2.52. The number of nitrogens with one attached hydrogen (secondary N) is 2. The minimum atomic E-state index is 0.226. The second kappa shape index (κ2) is 7.99. The fraction of sp³-hybridized carbons (Fsp3) is 0.647. The number of likely N-dealkylation sites (tertiary alicyclic amines) is 1. The fourth-order valence-electron chi connectivity index (χ4n) is 4.50. The molecule has 0 amide bonds. The van der Waals surface area contributed by atoms with Crippen molar-refractivity contribution in [3.8, 4) is 11.5 Å². The van der Waals surface area contributed by atoms with Gasteiger partial charge in [0, 0.05) is 47.8 Å². The number of hydrazine groups is 1. The number of fused-ring (bicyclic) bond motifs is 1. The van der Waals surface area contributed by atoms with Crippen LogP contribution in [0.25, 0.3) is 0 Å². The van der Waals surface area contributed by atoms with Crippen LogP contribution in [0.4, 0.5) is 0 Å². The molecule has 1 heterocycles. The van der Waals surface area contributed by atoms with E-state index in [1.54, 1.807) is 23.3 Å². The van der Waals surface area contributed by atoms with Gasteiger partial charge in [0.25, 0.3) is 0 Å². The van der Waals surface area contributed by atoms with Gasteiger partial charge in [-0.3, -0.25) is 0 Å². The van der Waals surface area contributed by atoms with Gasteiger partial charge in [-0.2, -0.15) is 4.83 Å². The van der Waals surface area contributed by atoms with E-state index >= 15 is 0 Å². The molecule has 134 valence electrons. The zero-order valence-corrected chi connectivity index (χ0v) is 17.4. The number of hydrogen-bond acceptors (Lipinski definition) is 6. The molecule has 2 aliphatic rings. The second-order valence-electron chi connectivity index (χ2n) is 6.77. The topological polar surface area (TPSA) is 45.8 Å². The molecular formula is C17H26IN3O2S. The lowest BCUT2D eigenvalue weighted by molar-refractivity contribution is 0.152. The Balaban J connectivity index is 1.88. The fourth-order valence-corrected chi connectivity index (χ4v) is 5.09. The first-order chi connectivity index (χ1) is 11.6. The summed E-state index contributed by atoms with van der Waals surface area (Å²) in [4.78, 5) is 5.73. The van der Waals surface area contributed by atoms with Crippen molar-refractivity contribution in [2.45, 2.75) is 43.2 Å². The summed E-state index contributed by atoms with van der Waals surface area (Å²) in [5, 5.41) is 0. The summed E-state index contributed by atoms with van der Waals surface area (Å²) in [7, 11) is 7.26. The quantitative estimate of drug-likeness (QED) is 0.384. The Bertz CT molecular complexity index is 577. The Labute approximate surface area is 160 Å². The van der Waals surface area contributed by atoms with E-state index in [2.05, 4.69) is 61.6 Å². The number of rotatable bonds is 6. The summed E-state index contributed by atoms with van der Waals surface area (Å²) in [5.74, 6) is 1.64. The Hall–Kier alpha value is -0.220. The first-order valence-corrected chi connectivity index (χ1v) is 11.7. The normalized spacial score (nSPS) is 30.2. The Morgan fingerprint density at radius 1 is 1.25 bits per heavy atom. The third-order valence-electron chi connectivity index (χ3n) is 5.79. The maximum atomic E-state index is 5.55. The predicted molar refractivity (Wildman–Crippen MR) is 108 cm³/mol. The largest absolute Gasteiger partial charge is 0.493 e. The van der Waals surface area contributed by atoms with Gasteiger partial charge in [0.2, 0.25) is 0 Å². The number of hydrogen-bond donors (Lipinski definition) is 2. The van der Waals surface area contributed by atoms with Gasteiger partial charge < -0.3 is 14.4 Å². The summed E-state index contributed by atoms with van der Waals surface area (Å²) in [6.07, 6.45) is 4.76. The van der Waals surface area contributed by atoms with E-state index < -0.39 is 0 Å². The van der Waals surface area contributed by atoms with Crippen molar-refractivity contribution in [3.05, 3.63) is 23.8 Å². The van der Waals surface area contributed by atoms with Gasteiger partial charge in [0.1, 0.15) is 0 Å². The highest BCUT2D eigenvalue weighted by Gasteiger charge is 2.50. The lowest BCUT2D eigenvalue weighted by Gasteiger charge is -2.45. The van der Waals surface area contributed by atoms with Gasteiger partial charge in [-0.05, 0) is 57.0 Å². The number of benzene rings is 1. The summed E-state index contributed by atoms with van der Waals surface area (Å²) in [5.41, 5.74) is 5.07. The zero-order chi connectivity index (χ0) is 17.2. The van der Waals surface area contributed by atoms with Crippen LogP contribution >= 0.6 is 30.3 Å². The number of likely N-dealkylation sites (N-methyl/N-ethyl adjacent to an activating group) is 1. The first-order valence-electron chi connectivity index (χ1n) is 8.35. The number of halogens is 1. The molecule has 1 saturated carbocycles. The van der Waals surface area contributed by atoms with Crippen LogP contribution in [0.1, 0.15) is 31.2 Å². The van der Waals surface area contributed by atoms with Crippen LogP contribution in [-0.2, 0) is 5.41 Å². The van der Waals surface area contributed by atoms with Crippen LogP contribution in [0.5, 0.6) is 11.5 Å². The molecule has 0 aromatic heterocycles. The summed E-state index contributed by atoms with van der Waals surface area (Å²) in [6, 6.07) is 7.56. The molecule has 1 saturated heterocycles. The van der Waals surface area contributed by atoms with Crippen molar-refractivity contribution in [2.75, 3.05) is 27.8 Å². The Morgan fingerprint density at radius 2 is 2.04 bits per heavy atom. The van der Waals surface area contributed by atoms with E-state index in [0.717, 1.165) is 24.5 Å². The van der Waals surface area contributed by atoms with Crippen LogP contribution in [0.2, 0.25) is 0 Å². The van der Waals surface area contributed by atoms with E-state index in [0.29, 0.717) is 12.1 Å². The third kappa shape index (κ3) is 3.38. The summed E-state index contributed by atoms with van der Waals surface area (Å²) >= 11 is 2.25. The van der Waals surface area contributed by atoms with E-state index in [4.69, 9.17) is 9.47 Å². The molecule has 24 heavy (non-hydrogen) atoms. The van der Waals surface area contributed by atoms with Crippen molar-refractivity contribution in [2.24, 2.45) is 0 Å². The Morgan fingerprint density at radius 3 is 2.75 bits per heavy atom. The molecule has 3 unspecified atom stereocenters. The average molecular weight is 463 g/mol. The maximum Gasteiger partial charge on any atom is 0.161 e. The molecule has 1 aliphatic heterocycles. The molecular weight excluding hydrogens is 437 g/mol. The SMILES string of the molecule is COc1ccc(C23CCC(NNSI)CC2N(C)CC3)cc1OC. The molecule has 1 aromatic rings. The van der Waals surface area contributed by atoms with E-state index in [9.17, 15) is 0 Å². The number of ether oxygens (including phenoxy) is 2. The van der Waals surface area contributed by atoms with Gasteiger partial charge in [0.15, 0.2) is 11.5 Å². The van der Waals surface area contributed by atoms with Crippen molar-refractivity contribution >= 4 is 30.3 Å². The van der Waals surface area contributed by atoms with Gasteiger partial charge in [-0.15, -0.1) is 0 Å². The van der Waals surface area contributed by atoms with Gasteiger partial charge in [-0.25, -0.2) is 5.43 Å². The van der Waals surface area contributed by atoms with Gasteiger partial charge >= 0.3 is 0 Å². The predicted octanol–water partition coefficient (Wildman–Crippen LogP) is 3.29. The van der Waals surface area contributed by atoms with Crippen LogP contribution in [-0.4, -0.2) is 44.8 Å². The third-order valence-corrected chi connectivity index (χ3v) is 6.64. The molecule has 0 radical (unpaired) electrons. The van der Waals surface area contributed by atoms with Crippen LogP contribution in [0, 0.1) is 0 Å². The van der Waals surface area contributed by atoms with Crippen LogP contribution in [0.3, 0.4) is 0 Å². The van der Waals surface area contributed by atoms with Crippen molar-refractivity contribution in [3.63, 3.8) is 0 Å². The van der Waals surface area contributed by atoms with Crippen molar-refractivity contribution < 1.29 is 9.47 Å². The molecule has 0 spiro atoms. The second-order valence-corrected chi connectivity index (χ2v) is 8.45. The summed E-state index contributed by atoms with van der Waals surface area (Å²) < 4.78 is 11.0. The highest BCUT2D eigenvalue weighted by molar-refractivity contribution is 14.2. The molecule has 3 rings (SSSR count). The summed E-state index contributed by atoms with van der Waals surface area (Å²) in [6.45, 7) is 1.15. The maximum absolute atomic E-state index is 5.55. The van der Waals surface area contributed by atoms with Crippen LogP contribution in [0.15, 0.2) is 18.2 Å². The lowest BCUT2D eigenvalue weighted by atomic mass is 9.65. The minimum absolute atomic E-state index is 0.226. The number of nitrogens with zero attached hydrogens (tertiary/aromatic N) is 1.